The lowest BCUT2D eigenvalue weighted by molar-refractivity contribution is -0.135. The summed E-state index contributed by atoms with van der Waals surface area (Å²) in [6.07, 6.45) is 3.00. The Labute approximate surface area is 157 Å². The van der Waals surface area contributed by atoms with Crippen molar-refractivity contribution in [1.82, 2.24) is 20.1 Å². The second-order valence-electron chi connectivity index (χ2n) is 6.85. The summed E-state index contributed by atoms with van der Waals surface area (Å²) in [4.78, 5) is 34.4. The smallest absolute Gasteiger partial charge is 0.263 e. The fourth-order valence-corrected chi connectivity index (χ4v) is 4.43. The van der Waals surface area contributed by atoms with Crippen molar-refractivity contribution in [3.05, 3.63) is 22.7 Å². The van der Waals surface area contributed by atoms with E-state index in [0.717, 1.165) is 41.7 Å². The van der Waals surface area contributed by atoms with Crippen LogP contribution in [-0.2, 0) is 4.79 Å². The molecule has 1 fully saturated rings. The molecule has 2 amide bonds. The third-order valence-corrected chi connectivity index (χ3v) is 5.78. The highest BCUT2D eigenvalue weighted by Gasteiger charge is 2.29. The molecule has 2 aromatic rings. The third-order valence-electron chi connectivity index (χ3n) is 4.66. The van der Waals surface area contributed by atoms with Gasteiger partial charge >= 0.3 is 0 Å². The zero-order valence-electron chi connectivity index (χ0n) is 15.4. The standard InChI is InChI=1S/C18H25N5O2S/c1-20-17(25)16-15(19)11-7-8-12(21-18(11)26-16)13-6-4-5-9-23(13)14(24)10-22(2)3/h7-8,13H,4-6,9-10,19H2,1-3H3,(H,20,25)/t13-/m0/s1. The van der Waals surface area contributed by atoms with Gasteiger partial charge in [0.25, 0.3) is 5.91 Å². The molecule has 1 atom stereocenters. The van der Waals surface area contributed by atoms with Crippen LogP contribution in [0.25, 0.3) is 10.2 Å². The van der Waals surface area contributed by atoms with Crippen LogP contribution in [0.4, 0.5) is 5.69 Å². The lowest BCUT2D eigenvalue weighted by Crippen LogP contribution is -2.43. The second kappa shape index (κ2) is 7.59. The molecule has 1 aliphatic rings. The minimum Gasteiger partial charge on any atom is -0.397 e. The molecule has 0 aromatic carbocycles. The first kappa shape index (κ1) is 18.6. The molecule has 2 aromatic heterocycles. The summed E-state index contributed by atoms with van der Waals surface area (Å²) in [6.45, 7) is 1.15. The van der Waals surface area contributed by atoms with Crippen molar-refractivity contribution in [2.75, 3.05) is 40.0 Å². The topological polar surface area (TPSA) is 91.6 Å². The number of fused-ring (bicyclic) bond motifs is 1. The molecule has 3 heterocycles. The predicted molar refractivity (Wildman–Crippen MR) is 104 cm³/mol. The zero-order valence-corrected chi connectivity index (χ0v) is 16.2. The largest absolute Gasteiger partial charge is 0.397 e. The number of nitrogens with two attached hydrogens (primary N) is 1. The number of pyridine rings is 1. The van der Waals surface area contributed by atoms with E-state index in [1.165, 1.54) is 11.3 Å². The summed E-state index contributed by atoms with van der Waals surface area (Å²) in [5, 5.41) is 3.40. The summed E-state index contributed by atoms with van der Waals surface area (Å²) in [7, 11) is 5.38. The summed E-state index contributed by atoms with van der Waals surface area (Å²) >= 11 is 1.30. The average Bonchev–Trinajstić information content (AvgIpc) is 2.96. The number of likely N-dealkylation sites (tertiary alicyclic amines) is 1. The van der Waals surface area contributed by atoms with Crippen molar-refractivity contribution in [2.24, 2.45) is 0 Å². The number of nitrogens with zero attached hydrogens (tertiary/aromatic N) is 3. The monoisotopic (exact) mass is 375 g/mol. The maximum Gasteiger partial charge on any atom is 0.263 e. The van der Waals surface area contributed by atoms with Gasteiger partial charge in [-0.1, -0.05) is 0 Å². The van der Waals surface area contributed by atoms with E-state index in [4.69, 9.17) is 10.7 Å². The lowest BCUT2D eigenvalue weighted by atomic mass is 9.98. The maximum atomic E-state index is 12.6. The molecular formula is C18H25N5O2S. The van der Waals surface area contributed by atoms with Crippen LogP contribution < -0.4 is 11.1 Å². The van der Waals surface area contributed by atoms with Crippen LogP contribution >= 0.6 is 11.3 Å². The number of nitrogen functional groups attached to an aromatic ring is 1. The van der Waals surface area contributed by atoms with E-state index in [2.05, 4.69) is 5.32 Å². The number of rotatable bonds is 4. The number of thiophene rings is 1. The molecule has 140 valence electrons. The van der Waals surface area contributed by atoms with Gasteiger partial charge in [0.15, 0.2) is 0 Å². The Hall–Kier alpha value is -2.19. The Kier molecular flexibility index (Phi) is 5.43. The molecule has 3 rings (SSSR count). The number of piperidine rings is 1. The second-order valence-corrected chi connectivity index (χ2v) is 7.85. The van der Waals surface area contributed by atoms with E-state index < -0.39 is 0 Å². The van der Waals surface area contributed by atoms with Crippen molar-refractivity contribution in [3.8, 4) is 0 Å². The van der Waals surface area contributed by atoms with Crippen LogP contribution in [0.2, 0.25) is 0 Å². The molecule has 0 radical (unpaired) electrons. The fourth-order valence-electron chi connectivity index (χ4n) is 3.38. The van der Waals surface area contributed by atoms with Crippen LogP contribution in [-0.4, -0.2) is 60.8 Å². The summed E-state index contributed by atoms with van der Waals surface area (Å²) in [6, 6.07) is 3.83. The van der Waals surface area contributed by atoms with Gasteiger partial charge in [0.1, 0.15) is 9.71 Å². The Morgan fingerprint density at radius 1 is 1.38 bits per heavy atom. The Balaban J connectivity index is 1.95. The Morgan fingerprint density at radius 2 is 2.15 bits per heavy atom. The number of anilines is 1. The number of carbonyl (C=O) groups excluding carboxylic acids is 2. The summed E-state index contributed by atoms with van der Waals surface area (Å²) in [5.74, 6) is -0.0779. The third kappa shape index (κ3) is 3.52. The molecule has 7 nitrogen and oxygen atoms in total. The molecule has 0 spiro atoms. The van der Waals surface area contributed by atoms with Crippen molar-refractivity contribution in [1.29, 1.82) is 0 Å². The van der Waals surface area contributed by atoms with Crippen molar-refractivity contribution < 1.29 is 9.59 Å². The van der Waals surface area contributed by atoms with Crippen LogP contribution in [0, 0.1) is 0 Å². The highest BCUT2D eigenvalue weighted by Crippen LogP contribution is 2.36. The first-order valence-electron chi connectivity index (χ1n) is 8.77. The van der Waals surface area contributed by atoms with Crippen LogP contribution in [0.5, 0.6) is 0 Å². The van der Waals surface area contributed by atoms with E-state index in [9.17, 15) is 9.59 Å². The molecule has 3 N–H and O–H groups in total. The van der Waals surface area contributed by atoms with Crippen molar-refractivity contribution in [2.45, 2.75) is 25.3 Å². The van der Waals surface area contributed by atoms with E-state index in [-0.39, 0.29) is 17.9 Å². The van der Waals surface area contributed by atoms with Gasteiger partial charge in [0.05, 0.1) is 24.0 Å². The van der Waals surface area contributed by atoms with Crippen LogP contribution in [0.1, 0.15) is 40.7 Å². The predicted octanol–water partition coefficient (Wildman–Crippen LogP) is 1.85. The quantitative estimate of drug-likeness (QED) is 0.851. The van der Waals surface area contributed by atoms with E-state index in [1.54, 1.807) is 7.05 Å². The number of amides is 2. The molecule has 0 bridgehead atoms. The minimum atomic E-state index is -0.201. The molecule has 0 aliphatic carbocycles. The molecule has 0 saturated carbocycles. The molecule has 1 aliphatic heterocycles. The summed E-state index contributed by atoms with van der Waals surface area (Å²) in [5.41, 5.74) is 7.45. The molecule has 1 saturated heterocycles. The van der Waals surface area contributed by atoms with Gasteiger partial charge < -0.3 is 20.9 Å². The van der Waals surface area contributed by atoms with Gasteiger partial charge in [-0.2, -0.15) is 0 Å². The van der Waals surface area contributed by atoms with Gasteiger partial charge in [-0.05, 0) is 45.5 Å². The van der Waals surface area contributed by atoms with Gasteiger partial charge in [-0.3, -0.25) is 9.59 Å². The number of likely N-dealkylation sites (N-methyl/N-ethyl adjacent to an activating group) is 1. The van der Waals surface area contributed by atoms with Gasteiger partial charge in [0.2, 0.25) is 5.91 Å². The number of aromatic nitrogens is 1. The number of carbonyl (C=O) groups is 2. The van der Waals surface area contributed by atoms with Gasteiger partial charge in [-0.15, -0.1) is 11.3 Å². The fraction of sp³-hybridized carbons (Fsp3) is 0.500. The number of hydrogen-bond acceptors (Lipinski definition) is 6. The maximum absolute atomic E-state index is 12.6. The van der Waals surface area contributed by atoms with E-state index in [0.29, 0.717) is 17.1 Å². The molecular weight excluding hydrogens is 350 g/mol. The highest BCUT2D eigenvalue weighted by molar-refractivity contribution is 7.21. The van der Waals surface area contributed by atoms with E-state index >= 15 is 0 Å². The molecule has 0 unspecified atom stereocenters. The van der Waals surface area contributed by atoms with E-state index in [1.807, 2.05) is 36.0 Å². The SMILES string of the molecule is CNC(=O)c1sc2nc([C@@H]3CCCCN3C(=O)CN(C)C)ccc2c1N. The van der Waals surface area contributed by atoms with Gasteiger partial charge in [-0.25, -0.2) is 4.98 Å². The van der Waals surface area contributed by atoms with Crippen molar-refractivity contribution >= 4 is 39.1 Å². The average molecular weight is 375 g/mol. The van der Waals surface area contributed by atoms with Crippen molar-refractivity contribution in [3.63, 3.8) is 0 Å². The lowest BCUT2D eigenvalue weighted by Gasteiger charge is -2.36. The van der Waals surface area contributed by atoms with Crippen LogP contribution in [0.3, 0.4) is 0 Å². The molecule has 8 heteroatoms. The first-order chi connectivity index (χ1) is 12.4. The zero-order chi connectivity index (χ0) is 18.8. The summed E-state index contributed by atoms with van der Waals surface area (Å²) < 4.78 is 0. The van der Waals surface area contributed by atoms with Crippen LogP contribution in [0.15, 0.2) is 12.1 Å². The first-order valence-corrected chi connectivity index (χ1v) is 9.59. The number of hydrogen-bond donors (Lipinski definition) is 2. The van der Waals surface area contributed by atoms with Gasteiger partial charge in [0, 0.05) is 19.0 Å². The normalized spacial score (nSPS) is 17.7. The Morgan fingerprint density at radius 3 is 2.85 bits per heavy atom. The molecule has 26 heavy (non-hydrogen) atoms. The number of nitrogens with one attached hydrogen (secondary N) is 1. The minimum absolute atomic E-state index is 0.0209. The highest BCUT2D eigenvalue weighted by atomic mass is 32.1. The Bertz CT molecular complexity index is 832.